The van der Waals surface area contributed by atoms with Crippen molar-refractivity contribution in [3.8, 4) is 0 Å². The summed E-state index contributed by atoms with van der Waals surface area (Å²) in [5, 5.41) is 2.10. The van der Waals surface area contributed by atoms with E-state index < -0.39 is 5.79 Å². The van der Waals surface area contributed by atoms with Gasteiger partial charge in [0.25, 0.3) is 0 Å². The van der Waals surface area contributed by atoms with Crippen LogP contribution < -0.4 is 0 Å². The van der Waals surface area contributed by atoms with Crippen molar-refractivity contribution >= 4 is 45.1 Å². The first-order valence-corrected chi connectivity index (χ1v) is 12.2. The van der Waals surface area contributed by atoms with Gasteiger partial charge in [-0.05, 0) is 69.0 Å². The maximum atomic E-state index is 14.8. The molecule has 35 heavy (non-hydrogen) atoms. The number of benzene rings is 1. The average Bonchev–Trinajstić information content (AvgIpc) is 3.45. The highest BCUT2D eigenvalue weighted by Gasteiger charge is 2.50. The van der Waals surface area contributed by atoms with Gasteiger partial charge in [0, 0.05) is 11.6 Å². The number of rotatable bonds is 4. The van der Waals surface area contributed by atoms with Gasteiger partial charge in [0.15, 0.2) is 5.79 Å². The molecule has 6 nitrogen and oxygen atoms in total. The molecule has 9 heteroatoms. The van der Waals surface area contributed by atoms with Crippen LogP contribution in [0.25, 0.3) is 21.9 Å². The zero-order chi connectivity index (χ0) is 24.5. The van der Waals surface area contributed by atoms with Crippen LogP contribution in [0.4, 0.5) is 4.39 Å². The highest BCUT2D eigenvalue weighted by Crippen LogP contribution is 2.45. The second-order valence-electron chi connectivity index (χ2n) is 9.58. The minimum atomic E-state index is -0.710. The van der Waals surface area contributed by atoms with Crippen molar-refractivity contribution in [2.45, 2.75) is 57.6 Å². The third-order valence-electron chi connectivity index (χ3n) is 6.77. The van der Waals surface area contributed by atoms with Crippen molar-refractivity contribution in [2.75, 3.05) is 0 Å². The van der Waals surface area contributed by atoms with Crippen molar-refractivity contribution in [3.63, 3.8) is 0 Å². The Bertz CT molecular complexity index is 1520. The fraction of sp³-hybridized carbons (Fsp3) is 0.346. The first kappa shape index (κ1) is 22.9. The molecule has 0 saturated carbocycles. The number of pyridine rings is 1. The Balaban J connectivity index is 1.33. The molecule has 1 aliphatic carbocycles. The van der Waals surface area contributed by atoms with Gasteiger partial charge < -0.3 is 14.0 Å². The number of halogens is 3. The summed E-state index contributed by atoms with van der Waals surface area (Å²) in [7, 11) is 0. The highest BCUT2D eigenvalue weighted by molar-refractivity contribution is 6.34. The number of hydrogen-bond acceptors (Lipinski definition) is 5. The molecule has 0 spiro atoms. The predicted octanol–water partition coefficient (Wildman–Crippen LogP) is 6.37. The smallest absolute Gasteiger partial charge is 0.164 e. The number of hydrogen-bond donors (Lipinski definition) is 0. The van der Waals surface area contributed by atoms with Crippen LogP contribution in [0, 0.1) is 12.7 Å². The molecule has 0 radical (unpaired) electrons. The Labute approximate surface area is 211 Å². The van der Waals surface area contributed by atoms with E-state index in [1.807, 2.05) is 39.1 Å². The van der Waals surface area contributed by atoms with E-state index in [1.165, 1.54) is 6.33 Å². The van der Waals surface area contributed by atoms with Gasteiger partial charge in [-0.3, -0.25) is 4.98 Å². The summed E-state index contributed by atoms with van der Waals surface area (Å²) in [6.45, 7) is 5.66. The number of fused-ring (bicyclic) bond motifs is 3. The molecule has 6 rings (SSSR count). The molecule has 0 bridgehead atoms. The molecule has 3 atom stereocenters. The van der Waals surface area contributed by atoms with Crippen LogP contribution in [0.15, 0.2) is 48.4 Å². The normalized spacial score (nSPS) is 23.3. The van der Waals surface area contributed by atoms with Gasteiger partial charge in [-0.25, -0.2) is 14.4 Å². The van der Waals surface area contributed by atoms with E-state index in [2.05, 4.69) is 25.6 Å². The summed E-state index contributed by atoms with van der Waals surface area (Å²) in [5.74, 6) is -1.03. The van der Waals surface area contributed by atoms with Crippen LogP contribution in [-0.2, 0) is 15.9 Å². The molecular weight excluding hydrogens is 490 g/mol. The van der Waals surface area contributed by atoms with Crippen molar-refractivity contribution < 1.29 is 13.9 Å². The summed E-state index contributed by atoms with van der Waals surface area (Å²) in [6.07, 6.45) is 6.54. The monoisotopic (exact) mass is 512 g/mol. The molecule has 1 fully saturated rings. The Morgan fingerprint density at radius 1 is 1.09 bits per heavy atom. The summed E-state index contributed by atoms with van der Waals surface area (Å²) in [6, 6.07) is 6.93. The predicted molar refractivity (Wildman–Crippen MR) is 133 cm³/mol. The van der Waals surface area contributed by atoms with Gasteiger partial charge in [-0.1, -0.05) is 29.3 Å². The van der Waals surface area contributed by atoms with Crippen LogP contribution >= 0.6 is 23.2 Å². The van der Waals surface area contributed by atoms with Gasteiger partial charge >= 0.3 is 0 Å². The Morgan fingerprint density at radius 2 is 1.91 bits per heavy atom. The molecule has 4 heterocycles. The first-order valence-electron chi connectivity index (χ1n) is 11.5. The van der Waals surface area contributed by atoms with Gasteiger partial charge in [0.1, 0.15) is 35.2 Å². The van der Waals surface area contributed by atoms with E-state index in [0.29, 0.717) is 39.6 Å². The van der Waals surface area contributed by atoms with E-state index in [1.54, 1.807) is 12.1 Å². The van der Waals surface area contributed by atoms with E-state index in [4.69, 9.17) is 32.7 Å². The topological polar surface area (TPSA) is 62.1 Å². The lowest BCUT2D eigenvalue weighted by molar-refractivity contribution is -0.147. The van der Waals surface area contributed by atoms with E-state index in [9.17, 15) is 4.39 Å². The Kier molecular flexibility index (Phi) is 5.38. The SMILES string of the molecule is Cc1nc2cc(CCC3=C[C@@H](n4ccc5c(Cl)ncnc54)[C@@H]4OC(C)(C)O[C@H]34)cc(F)c2cc1Cl. The number of aryl methyl sites for hydroxylation is 2. The molecule has 0 N–H and O–H groups in total. The summed E-state index contributed by atoms with van der Waals surface area (Å²) in [4.78, 5) is 13.0. The third kappa shape index (κ3) is 3.91. The largest absolute Gasteiger partial charge is 0.342 e. The van der Waals surface area contributed by atoms with E-state index >= 15 is 0 Å². The van der Waals surface area contributed by atoms with Gasteiger partial charge in [-0.2, -0.15) is 0 Å². The van der Waals surface area contributed by atoms with Crippen molar-refractivity contribution in [3.05, 3.63) is 75.7 Å². The molecule has 1 aromatic carbocycles. The van der Waals surface area contributed by atoms with Crippen LogP contribution in [0.5, 0.6) is 0 Å². The number of aromatic nitrogens is 4. The van der Waals surface area contributed by atoms with Crippen LogP contribution in [0.2, 0.25) is 10.2 Å². The fourth-order valence-electron chi connectivity index (χ4n) is 5.17. The molecule has 3 aromatic heterocycles. The minimum absolute atomic E-state index is 0.111. The van der Waals surface area contributed by atoms with E-state index in [-0.39, 0.29) is 24.1 Å². The standard InChI is InChI=1S/C26H23Cl2FN4O2/c1-13-18(27)11-17-19(29)8-14(9-20(17)32-13)4-5-15-10-21(23-22(15)34-26(2,3)35-23)33-7-6-16-24(28)30-12-31-25(16)33/h6-12,21-23H,4-5H2,1-3H3/t21-,22-,23+/m1/s1. The molecule has 0 amide bonds. The Morgan fingerprint density at radius 3 is 2.74 bits per heavy atom. The lowest BCUT2D eigenvalue weighted by atomic mass is 10.0. The highest BCUT2D eigenvalue weighted by atomic mass is 35.5. The molecule has 1 saturated heterocycles. The Hall–Kier alpha value is -2.58. The summed E-state index contributed by atoms with van der Waals surface area (Å²) in [5.41, 5.74) is 4.02. The quantitative estimate of drug-likeness (QED) is 0.235. The molecule has 0 unspecified atom stereocenters. The van der Waals surface area contributed by atoms with Gasteiger partial charge in [0.05, 0.1) is 27.7 Å². The average molecular weight is 513 g/mol. The summed E-state index contributed by atoms with van der Waals surface area (Å²) >= 11 is 12.4. The van der Waals surface area contributed by atoms with Crippen molar-refractivity contribution in [1.82, 2.24) is 19.5 Å². The molecule has 1 aliphatic heterocycles. The molecule has 180 valence electrons. The number of ether oxygens (including phenoxy) is 2. The minimum Gasteiger partial charge on any atom is -0.342 e. The van der Waals surface area contributed by atoms with Crippen LogP contribution in [0.1, 0.15) is 37.6 Å². The molecule has 2 aliphatic rings. The zero-order valence-corrected chi connectivity index (χ0v) is 20.9. The van der Waals surface area contributed by atoms with Crippen LogP contribution in [0.3, 0.4) is 0 Å². The number of nitrogens with zero attached hydrogens (tertiary/aromatic N) is 4. The fourth-order valence-corrected chi connectivity index (χ4v) is 5.51. The van der Waals surface area contributed by atoms with Crippen LogP contribution in [-0.4, -0.2) is 37.5 Å². The second kappa shape index (κ2) is 8.23. The zero-order valence-electron chi connectivity index (χ0n) is 19.4. The summed E-state index contributed by atoms with van der Waals surface area (Å²) < 4.78 is 29.5. The van der Waals surface area contributed by atoms with E-state index in [0.717, 1.165) is 22.2 Å². The maximum Gasteiger partial charge on any atom is 0.164 e. The van der Waals surface area contributed by atoms with Crippen molar-refractivity contribution in [1.29, 1.82) is 0 Å². The lowest BCUT2D eigenvalue weighted by Crippen LogP contribution is -2.27. The molecule has 4 aromatic rings. The van der Waals surface area contributed by atoms with Crippen molar-refractivity contribution in [2.24, 2.45) is 0 Å². The van der Waals surface area contributed by atoms with Gasteiger partial charge in [0.2, 0.25) is 0 Å². The van der Waals surface area contributed by atoms with Gasteiger partial charge in [-0.15, -0.1) is 0 Å². The lowest BCUT2D eigenvalue weighted by Gasteiger charge is -2.22. The third-order valence-corrected chi connectivity index (χ3v) is 7.46. The first-order chi connectivity index (χ1) is 16.7. The maximum absolute atomic E-state index is 14.8. The second-order valence-corrected chi connectivity index (χ2v) is 10.3. The molecular formula is C26H23Cl2FN4O2.